The van der Waals surface area contributed by atoms with Crippen molar-refractivity contribution in [3.05, 3.63) is 34.4 Å². The van der Waals surface area contributed by atoms with Crippen LogP contribution in [0.25, 0.3) is 0 Å². The van der Waals surface area contributed by atoms with Crippen LogP contribution in [0.3, 0.4) is 0 Å². The van der Waals surface area contributed by atoms with Crippen LogP contribution in [-0.4, -0.2) is 39.4 Å². The average Bonchev–Trinajstić information content (AvgIpc) is 2.61. The summed E-state index contributed by atoms with van der Waals surface area (Å²) in [6.45, 7) is 1.58. The van der Waals surface area contributed by atoms with Crippen LogP contribution in [-0.2, 0) is 24.1 Å². The predicted molar refractivity (Wildman–Crippen MR) is 73.0 cm³/mol. The SMILES string of the molecule is C[C@H]1CS(=O)(=O)C[C@@H]1OS(=O)(=O)c1cccc([N+](=O)[O-])c1. The number of nitro benzene ring substituents is 1. The van der Waals surface area contributed by atoms with Gasteiger partial charge in [-0.2, -0.15) is 8.42 Å². The molecule has 0 unspecified atom stereocenters. The molecule has 2 atom stereocenters. The second-order valence-electron chi connectivity index (χ2n) is 4.90. The van der Waals surface area contributed by atoms with Crippen molar-refractivity contribution >= 4 is 25.6 Å². The number of benzene rings is 1. The molecule has 0 aromatic heterocycles. The minimum atomic E-state index is -4.25. The number of nitro groups is 1. The molecule has 0 spiro atoms. The van der Waals surface area contributed by atoms with Crippen molar-refractivity contribution in [2.45, 2.75) is 17.9 Å². The van der Waals surface area contributed by atoms with Gasteiger partial charge in [0.2, 0.25) is 0 Å². The minimum Gasteiger partial charge on any atom is -0.262 e. The summed E-state index contributed by atoms with van der Waals surface area (Å²) >= 11 is 0. The van der Waals surface area contributed by atoms with Crippen molar-refractivity contribution in [2.24, 2.45) is 5.92 Å². The van der Waals surface area contributed by atoms with Crippen LogP contribution >= 0.6 is 0 Å². The number of hydrogen-bond acceptors (Lipinski definition) is 7. The van der Waals surface area contributed by atoms with E-state index in [0.717, 1.165) is 18.2 Å². The van der Waals surface area contributed by atoms with E-state index in [2.05, 4.69) is 0 Å². The largest absolute Gasteiger partial charge is 0.297 e. The highest BCUT2D eigenvalue weighted by molar-refractivity contribution is 7.91. The van der Waals surface area contributed by atoms with Crippen molar-refractivity contribution in [1.82, 2.24) is 0 Å². The Labute approximate surface area is 121 Å². The van der Waals surface area contributed by atoms with Gasteiger partial charge in [0.25, 0.3) is 15.8 Å². The second kappa shape index (κ2) is 5.35. The lowest BCUT2D eigenvalue weighted by molar-refractivity contribution is -0.385. The van der Waals surface area contributed by atoms with Crippen LogP contribution in [0.1, 0.15) is 6.92 Å². The Morgan fingerprint density at radius 1 is 1.33 bits per heavy atom. The fraction of sp³-hybridized carbons (Fsp3) is 0.455. The van der Waals surface area contributed by atoms with Crippen molar-refractivity contribution in [2.75, 3.05) is 11.5 Å². The first-order valence-corrected chi connectivity index (χ1v) is 9.22. The molecule has 1 fully saturated rings. The van der Waals surface area contributed by atoms with Crippen LogP contribution in [0.15, 0.2) is 29.2 Å². The van der Waals surface area contributed by atoms with Crippen LogP contribution in [0.5, 0.6) is 0 Å². The van der Waals surface area contributed by atoms with Gasteiger partial charge in [-0.25, -0.2) is 8.42 Å². The van der Waals surface area contributed by atoms with E-state index in [1.807, 2.05) is 0 Å². The lowest BCUT2D eigenvalue weighted by atomic mass is 10.1. The minimum absolute atomic E-state index is 0.137. The molecular weight excluding hydrogens is 322 g/mol. The molecule has 8 nitrogen and oxygen atoms in total. The van der Waals surface area contributed by atoms with Gasteiger partial charge in [0.15, 0.2) is 9.84 Å². The second-order valence-corrected chi connectivity index (χ2v) is 8.62. The van der Waals surface area contributed by atoms with Gasteiger partial charge in [0.1, 0.15) is 4.90 Å². The van der Waals surface area contributed by atoms with Crippen molar-refractivity contribution in [3.8, 4) is 0 Å². The van der Waals surface area contributed by atoms with Gasteiger partial charge in [-0.05, 0) is 12.0 Å². The molecule has 0 N–H and O–H groups in total. The topological polar surface area (TPSA) is 121 Å². The monoisotopic (exact) mass is 335 g/mol. The average molecular weight is 335 g/mol. The fourth-order valence-electron chi connectivity index (χ4n) is 2.08. The summed E-state index contributed by atoms with van der Waals surface area (Å²) in [4.78, 5) is 9.56. The molecule has 0 saturated carbocycles. The molecule has 0 bridgehead atoms. The summed E-state index contributed by atoms with van der Waals surface area (Å²) in [5.74, 6) is -0.965. The zero-order valence-electron chi connectivity index (χ0n) is 11.0. The molecule has 0 amide bonds. The highest BCUT2D eigenvalue weighted by Gasteiger charge is 2.38. The smallest absolute Gasteiger partial charge is 0.262 e. The van der Waals surface area contributed by atoms with Gasteiger partial charge in [-0.1, -0.05) is 13.0 Å². The molecule has 1 aromatic carbocycles. The Balaban J connectivity index is 2.27. The maximum atomic E-state index is 12.1. The highest BCUT2D eigenvalue weighted by atomic mass is 32.2. The number of non-ortho nitro benzene ring substituents is 1. The molecule has 116 valence electrons. The summed E-state index contributed by atoms with van der Waals surface area (Å²) in [6, 6.07) is 4.42. The Morgan fingerprint density at radius 2 is 2.00 bits per heavy atom. The molecule has 1 aliphatic rings. The van der Waals surface area contributed by atoms with E-state index in [9.17, 15) is 26.9 Å². The van der Waals surface area contributed by atoms with Crippen LogP contribution in [0.4, 0.5) is 5.69 Å². The summed E-state index contributed by atoms with van der Waals surface area (Å²) < 4.78 is 52.0. The number of rotatable bonds is 4. The normalized spacial score (nSPS) is 24.8. The zero-order valence-corrected chi connectivity index (χ0v) is 12.6. The van der Waals surface area contributed by atoms with E-state index in [-0.39, 0.29) is 22.1 Å². The molecule has 1 saturated heterocycles. The molecule has 1 aliphatic heterocycles. The third-order valence-electron chi connectivity index (χ3n) is 3.14. The van der Waals surface area contributed by atoms with E-state index >= 15 is 0 Å². The predicted octanol–water partition coefficient (Wildman–Crippen LogP) is 0.733. The maximum absolute atomic E-state index is 12.1. The van der Waals surface area contributed by atoms with Crippen LogP contribution in [0, 0.1) is 16.0 Å². The maximum Gasteiger partial charge on any atom is 0.297 e. The van der Waals surface area contributed by atoms with Gasteiger partial charge in [0.05, 0.1) is 22.5 Å². The van der Waals surface area contributed by atoms with E-state index in [1.54, 1.807) is 6.92 Å². The third kappa shape index (κ3) is 3.57. The summed E-state index contributed by atoms with van der Waals surface area (Å²) in [7, 11) is -7.57. The van der Waals surface area contributed by atoms with Crippen molar-refractivity contribution in [1.29, 1.82) is 0 Å². The molecule has 0 radical (unpaired) electrons. The van der Waals surface area contributed by atoms with E-state index in [1.165, 1.54) is 6.07 Å². The number of nitrogens with zero attached hydrogens (tertiary/aromatic N) is 1. The molecule has 0 aliphatic carbocycles. The first-order valence-electron chi connectivity index (χ1n) is 5.99. The summed E-state index contributed by atoms with van der Waals surface area (Å²) in [5, 5.41) is 10.7. The lowest BCUT2D eigenvalue weighted by Crippen LogP contribution is -2.24. The Kier molecular flexibility index (Phi) is 4.04. The lowest BCUT2D eigenvalue weighted by Gasteiger charge is -2.14. The van der Waals surface area contributed by atoms with Crippen LogP contribution in [0.2, 0.25) is 0 Å². The van der Waals surface area contributed by atoms with Crippen molar-refractivity contribution in [3.63, 3.8) is 0 Å². The Bertz CT molecular complexity index is 770. The quantitative estimate of drug-likeness (QED) is 0.452. The van der Waals surface area contributed by atoms with Crippen molar-refractivity contribution < 1.29 is 25.9 Å². The van der Waals surface area contributed by atoms with Crippen LogP contribution < -0.4 is 0 Å². The van der Waals surface area contributed by atoms with Gasteiger partial charge >= 0.3 is 0 Å². The van der Waals surface area contributed by atoms with Gasteiger partial charge in [-0.15, -0.1) is 0 Å². The molecule has 2 rings (SSSR count). The third-order valence-corrected chi connectivity index (χ3v) is 6.34. The molecule has 1 aromatic rings. The van der Waals surface area contributed by atoms with Gasteiger partial charge in [-0.3, -0.25) is 14.3 Å². The molecule has 1 heterocycles. The zero-order chi connectivity index (χ0) is 15.8. The summed E-state index contributed by atoms with van der Waals surface area (Å²) in [6.07, 6.45) is -0.973. The van der Waals surface area contributed by atoms with Gasteiger partial charge in [0, 0.05) is 12.1 Å². The molecule has 10 heteroatoms. The highest BCUT2D eigenvalue weighted by Crippen LogP contribution is 2.26. The first kappa shape index (κ1) is 15.9. The van der Waals surface area contributed by atoms with Gasteiger partial charge < -0.3 is 0 Å². The molecular formula is C11H13NO7S2. The summed E-state index contributed by atoms with van der Waals surface area (Å²) in [5.41, 5.74) is -0.383. The van der Waals surface area contributed by atoms with E-state index in [0.29, 0.717) is 0 Å². The Morgan fingerprint density at radius 3 is 2.52 bits per heavy atom. The van der Waals surface area contributed by atoms with E-state index in [4.69, 9.17) is 4.18 Å². The number of sulfone groups is 1. The Hall–Kier alpha value is -1.52. The van der Waals surface area contributed by atoms with E-state index < -0.39 is 36.9 Å². The first-order chi connectivity index (χ1) is 9.61. The standard InChI is InChI=1S/C11H13NO7S2/c1-8-6-20(15,16)7-11(8)19-21(17,18)10-4-2-3-9(5-10)12(13)14/h2-5,8,11H,6-7H2,1H3/t8-,11-/m0/s1. The number of hydrogen-bond donors (Lipinski definition) is 0. The molecule has 21 heavy (non-hydrogen) atoms. The fourth-order valence-corrected chi connectivity index (χ4v) is 5.42.